The molecule has 2 atom stereocenters. The SMILES string of the molecule is CC(Cc1ccc(N2CC(=O)NS2(=O)=O)c(O)c1)C(=O)c1ccccc1.CCC(=O)C(C)Cc1ccc(N2CC(=O)NS2(=O)=O)c(O)c1. The van der Waals surface area contributed by atoms with Gasteiger partial charge < -0.3 is 10.2 Å². The molecule has 256 valence electrons. The van der Waals surface area contributed by atoms with Crippen LogP contribution in [0.5, 0.6) is 11.5 Å². The van der Waals surface area contributed by atoms with Crippen molar-refractivity contribution in [3.05, 3.63) is 83.4 Å². The first kappa shape index (κ1) is 35.9. The number of rotatable bonds is 10. The molecule has 5 rings (SSSR count). The van der Waals surface area contributed by atoms with E-state index in [2.05, 4.69) is 0 Å². The van der Waals surface area contributed by atoms with E-state index in [0.717, 1.165) is 14.2 Å². The van der Waals surface area contributed by atoms with Gasteiger partial charge in [-0.1, -0.05) is 63.2 Å². The van der Waals surface area contributed by atoms with Crippen LogP contribution in [0.15, 0.2) is 66.7 Å². The van der Waals surface area contributed by atoms with Crippen molar-refractivity contribution in [2.24, 2.45) is 11.8 Å². The highest BCUT2D eigenvalue weighted by molar-refractivity contribution is 7.92. The van der Waals surface area contributed by atoms with E-state index in [1.165, 1.54) is 24.3 Å². The molecule has 2 saturated heterocycles. The maximum absolute atomic E-state index is 12.4. The molecule has 2 amide bonds. The Morgan fingerprint density at radius 1 is 0.729 bits per heavy atom. The van der Waals surface area contributed by atoms with Gasteiger partial charge in [0.05, 0.1) is 11.4 Å². The number of aromatic hydroxyl groups is 2. The lowest BCUT2D eigenvalue weighted by Gasteiger charge is -2.17. The smallest absolute Gasteiger partial charge is 0.326 e. The highest BCUT2D eigenvalue weighted by Crippen LogP contribution is 2.33. The van der Waals surface area contributed by atoms with E-state index < -0.39 is 32.2 Å². The second kappa shape index (κ2) is 14.4. The van der Waals surface area contributed by atoms with Crippen LogP contribution in [0.4, 0.5) is 11.4 Å². The molecule has 0 radical (unpaired) electrons. The van der Waals surface area contributed by atoms with Gasteiger partial charge in [-0.05, 0) is 48.2 Å². The van der Waals surface area contributed by atoms with Crippen LogP contribution >= 0.6 is 0 Å². The van der Waals surface area contributed by atoms with Crippen LogP contribution in [0.3, 0.4) is 0 Å². The Labute approximate surface area is 278 Å². The first-order valence-electron chi connectivity index (χ1n) is 14.9. The van der Waals surface area contributed by atoms with Crippen molar-refractivity contribution in [1.82, 2.24) is 9.44 Å². The zero-order valence-electron chi connectivity index (χ0n) is 26.4. The van der Waals surface area contributed by atoms with Gasteiger partial charge in [0, 0.05) is 23.8 Å². The number of hydrogen-bond donors (Lipinski definition) is 4. The number of carbonyl (C=O) groups is 4. The number of phenolic OH excluding ortho intramolecular Hbond substituents is 2. The minimum atomic E-state index is -3.98. The Hall–Kier alpha value is -4.96. The third kappa shape index (κ3) is 8.30. The molecule has 3 aromatic carbocycles. The summed E-state index contributed by atoms with van der Waals surface area (Å²) in [7, 11) is -7.92. The molecular formula is C32H36N4O10S2. The van der Waals surface area contributed by atoms with E-state index in [9.17, 15) is 46.2 Å². The van der Waals surface area contributed by atoms with Gasteiger partial charge in [-0.3, -0.25) is 19.2 Å². The molecule has 2 aliphatic rings. The third-order valence-corrected chi connectivity index (χ3v) is 10.5. The minimum absolute atomic E-state index is 0.00826. The fraction of sp³-hybridized carbons (Fsp3) is 0.312. The predicted molar refractivity (Wildman–Crippen MR) is 177 cm³/mol. The summed E-state index contributed by atoms with van der Waals surface area (Å²) in [6.07, 6.45) is 1.31. The predicted octanol–water partition coefficient (Wildman–Crippen LogP) is 2.37. The maximum atomic E-state index is 12.4. The first-order valence-corrected chi connectivity index (χ1v) is 17.8. The second-order valence-electron chi connectivity index (χ2n) is 11.5. The lowest BCUT2D eigenvalue weighted by atomic mass is 9.93. The highest BCUT2D eigenvalue weighted by Gasteiger charge is 2.36. The monoisotopic (exact) mass is 700 g/mol. The lowest BCUT2D eigenvalue weighted by Crippen LogP contribution is -2.29. The van der Waals surface area contributed by atoms with E-state index in [4.69, 9.17) is 0 Å². The molecule has 2 heterocycles. The lowest BCUT2D eigenvalue weighted by molar-refractivity contribution is -0.122. The van der Waals surface area contributed by atoms with Crippen molar-refractivity contribution in [2.45, 2.75) is 40.0 Å². The fourth-order valence-corrected chi connectivity index (χ4v) is 7.61. The van der Waals surface area contributed by atoms with Gasteiger partial charge in [-0.15, -0.1) is 0 Å². The number of benzene rings is 3. The summed E-state index contributed by atoms with van der Waals surface area (Å²) in [6, 6.07) is 17.9. The van der Waals surface area contributed by atoms with Crippen molar-refractivity contribution in [2.75, 3.05) is 21.7 Å². The molecule has 2 fully saturated rings. The van der Waals surface area contributed by atoms with Crippen molar-refractivity contribution in [1.29, 1.82) is 0 Å². The van der Waals surface area contributed by atoms with Gasteiger partial charge in [0.1, 0.15) is 30.4 Å². The van der Waals surface area contributed by atoms with Crippen LogP contribution in [-0.2, 0) is 47.6 Å². The molecule has 2 unspecified atom stereocenters. The Balaban J connectivity index is 0.000000220. The van der Waals surface area contributed by atoms with Crippen LogP contribution in [-0.4, -0.2) is 63.5 Å². The summed E-state index contributed by atoms with van der Waals surface area (Å²) < 4.78 is 52.6. The fourth-order valence-electron chi connectivity index (χ4n) is 5.29. The standard InChI is InChI=1S/C18H18N2O5S.C14H18N2O5S/c1-12(18(23)14-5-3-2-4-6-14)9-13-7-8-15(16(21)10-13)20-11-17(22)19-26(20,24)25;1-3-12(17)9(2)6-10-4-5-11(13(18)7-10)16-8-14(19)15-22(16,20)21/h2-8,10,12,21H,9,11H2,1H3,(H,19,22);4-5,7,9,18H,3,6,8H2,1-2H3,(H,15,19). The molecule has 0 saturated carbocycles. The van der Waals surface area contributed by atoms with Gasteiger partial charge in [0.25, 0.3) is 11.8 Å². The minimum Gasteiger partial charge on any atom is -0.506 e. The molecule has 2 aliphatic heterocycles. The molecule has 0 aromatic heterocycles. The number of phenols is 2. The molecule has 14 nitrogen and oxygen atoms in total. The molecule has 4 N–H and O–H groups in total. The van der Waals surface area contributed by atoms with Crippen molar-refractivity contribution < 1.29 is 46.2 Å². The van der Waals surface area contributed by atoms with Gasteiger partial charge in [-0.2, -0.15) is 16.8 Å². The first-order chi connectivity index (χ1) is 22.5. The topological polar surface area (TPSA) is 208 Å². The number of ketones is 2. The number of carbonyl (C=O) groups excluding carboxylic acids is 4. The Morgan fingerprint density at radius 3 is 1.54 bits per heavy atom. The van der Waals surface area contributed by atoms with Crippen LogP contribution < -0.4 is 18.1 Å². The van der Waals surface area contributed by atoms with E-state index in [-0.39, 0.29) is 59.4 Å². The number of hydrogen-bond acceptors (Lipinski definition) is 10. The molecule has 3 aromatic rings. The summed E-state index contributed by atoms with van der Waals surface area (Å²) >= 11 is 0. The number of nitrogens with zero attached hydrogens (tertiary/aromatic N) is 2. The third-order valence-electron chi connectivity index (χ3n) is 7.75. The van der Waals surface area contributed by atoms with E-state index in [0.29, 0.717) is 30.4 Å². The van der Waals surface area contributed by atoms with Gasteiger partial charge in [0.15, 0.2) is 5.78 Å². The highest BCUT2D eigenvalue weighted by atomic mass is 32.2. The van der Waals surface area contributed by atoms with Crippen LogP contribution in [0.2, 0.25) is 0 Å². The van der Waals surface area contributed by atoms with Crippen molar-refractivity contribution >= 4 is 55.2 Å². The molecule has 0 bridgehead atoms. The molecule has 48 heavy (non-hydrogen) atoms. The number of amides is 2. The average Bonchev–Trinajstić information content (AvgIpc) is 3.46. The largest absolute Gasteiger partial charge is 0.506 e. The average molecular weight is 701 g/mol. The summed E-state index contributed by atoms with van der Waals surface area (Å²) in [5.41, 5.74) is 2.10. The summed E-state index contributed by atoms with van der Waals surface area (Å²) in [5.74, 6) is -2.17. The maximum Gasteiger partial charge on any atom is 0.326 e. The van der Waals surface area contributed by atoms with Crippen molar-refractivity contribution in [3.8, 4) is 11.5 Å². The van der Waals surface area contributed by atoms with Crippen LogP contribution in [0.1, 0.15) is 48.7 Å². The van der Waals surface area contributed by atoms with E-state index in [1.807, 2.05) is 22.4 Å². The number of anilines is 2. The summed E-state index contributed by atoms with van der Waals surface area (Å²) in [4.78, 5) is 46.6. The Kier molecular flexibility index (Phi) is 10.8. The summed E-state index contributed by atoms with van der Waals surface area (Å²) in [5, 5.41) is 20.3. The number of nitrogens with one attached hydrogen (secondary N) is 2. The normalized spacial score (nSPS) is 17.5. The number of Topliss-reactive ketones (excluding diaryl/α,β-unsaturated/α-hetero) is 2. The summed E-state index contributed by atoms with van der Waals surface area (Å²) in [6.45, 7) is 4.66. The zero-order chi connectivity index (χ0) is 35.4. The van der Waals surface area contributed by atoms with Gasteiger partial charge in [-0.25, -0.2) is 18.1 Å². The van der Waals surface area contributed by atoms with Crippen LogP contribution in [0, 0.1) is 11.8 Å². The molecule has 0 aliphatic carbocycles. The van der Waals surface area contributed by atoms with Gasteiger partial charge in [0.2, 0.25) is 0 Å². The van der Waals surface area contributed by atoms with E-state index in [1.54, 1.807) is 50.2 Å². The Bertz CT molecular complexity index is 1950. The molecule has 16 heteroatoms. The molecule has 0 spiro atoms. The Morgan fingerprint density at radius 2 is 1.17 bits per heavy atom. The van der Waals surface area contributed by atoms with E-state index >= 15 is 0 Å². The van der Waals surface area contributed by atoms with Gasteiger partial charge >= 0.3 is 20.4 Å². The second-order valence-corrected chi connectivity index (χ2v) is 14.7. The zero-order valence-corrected chi connectivity index (χ0v) is 28.0. The van der Waals surface area contributed by atoms with Crippen molar-refractivity contribution in [3.63, 3.8) is 0 Å². The quantitative estimate of drug-likeness (QED) is 0.227. The molecular weight excluding hydrogens is 665 g/mol. The van der Waals surface area contributed by atoms with Crippen LogP contribution in [0.25, 0.3) is 0 Å².